The Bertz CT molecular complexity index is 627. The summed E-state index contributed by atoms with van der Waals surface area (Å²) in [6.45, 7) is 4.39. The van der Waals surface area contributed by atoms with Gasteiger partial charge in [0.25, 0.3) is 0 Å². The number of carbonyl (C=O) groups excluding carboxylic acids is 1. The minimum Gasteiger partial charge on any atom is -0.426 e. The normalized spacial score (nSPS) is 12.1. The first-order valence-electron chi connectivity index (χ1n) is 15.6. The second-order valence-corrected chi connectivity index (χ2v) is 10.8. The van der Waals surface area contributed by atoms with Crippen LogP contribution in [0.2, 0.25) is 0 Å². The summed E-state index contributed by atoms with van der Waals surface area (Å²) >= 11 is 0. The molecule has 0 spiro atoms. The van der Waals surface area contributed by atoms with E-state index >= 15 is 0 Å². The number of para-hydroxylation sites is 1. The third kappa shape index (κ3) is 18.9. The largest absolute Gasteiger partial charge is 0.426 e. The van der Waals surface area contributed by atoms with Gasteiger partial charge in [-0.05, 0) is 43.7 Å². The van der Waals surface area contributed by atoms with Crippen molar-refractivity contribution in [1.29, 1.82) is 0 Å². The smallest absolute Gasteiger partial charge is 0.311 e. The summed E-state index contributed by atoms with van der Waals surface area (Å²) in [7, 11) is 0. The molecule has 0 radical (unpaired) electrons. The highest BCUT2D eigenvalue weighted by molar-refractivity contribution is 5.72. The van der Waals surface area contributed by atoms with Crippen LogP contribution in [0.15, 0.2) is 24.3 Å². The number of ether oxygens (including phenoxy) is 1. The number of esters is 1. The van der Waals surface area contributed by atoms with E-state index in [2.05, 4.69) is 19.9 Å². The lowest BCUT2D eigenvalue weighted by Gasteiger charge is -2.10. The van der Waals surface area contributed by atoms with Crippen molar-refractivity contribution in [2.45, 2.75) is 168 Å². The molecule has 0 aromatic heterocycles. The van der Waals surface area contributed by atoms with Crippen LogP contribution in [0.25, 0.3) is 0 Å². The van der Waals surface area contributed by atoms with E-state index in [4.69, 9.17) is 4.74 Å². The van der Waals surface area contributed by atoms with Gasteiger partial charge in [0.05, 0.1) is 6.10 Å². The van der Waals surface area contributed by atoms with E-state index < -0.39 is 0 Å². The molecule has 1 atom stereocenters. The molecule has 1 aromatic carbocycles. The molecule has 3 nitrogen and oxygen atoms in total. The molecule has 36 heavy (non-hydrogen) atoms. The first kappa shape index (κ1) is 32.7. The van der Waals surface area contributed by atoms with Crippen LogP contribution in [0.5, 0.6) is 5.75 Å². The van der Waals surface area contributed by atoms with Gasteiger partial charge in [-0.1, -0.05) is 141 Å². The zero-order chi connectivity index (χ0) is 26.1. The van der Waals surface area contributed by atoms with Crippen LogP contribution in [-0.2, 0) is 11.2 Å². The summed E-state index contributed by atoms with van der Waals surface area (Å²) in [6.07, 6.45) is 27.2. The molecule has 3 heteroatoms. The average molecular weight is 503 g/mol. The maximum absolute atomic E-state index is 12.4. The number of hydrogen-bond acceptors (Lipinski definition) is 3. The topological polar surface area (TPSA) is 46.5 Å². The van der Waals surface area contributed by atoms with E-state index in [0.29, 0.717) is 6.42 Å². The van der Waals surface area contributed by atoms with Crippen LogP contribution >= 0.6 is 0 Å². The Labute approximate surface area is 223 Å². The highest BCUT2D eigenvalue weighted by Crippen LogP contribution is 2.22. The van der Waals surface area contributed by atoms with Crippen LogP contribution in [0, 0.1) is 0 Å². The van der Waals surface area contributed by atoms with Crippen LogP contribution < -0.4 is 4.74 Å². The fourth-order valence-electron chi connectivity index (χ4n) is 4.97. The van der Waals surface area contributed by atoms with Gasteiger partial charge in [-0.3, -0.25) is 4.79 Å². The van der Waals surface area contributed by atoms with Gasteiger partial charge < -0.3 is 9.84 Å². The van der Waals surface area contributed by atoms with Crippen molar-refractivity contribution in [1.82, 2.24) is 0 Å². The van der Waals surface area contributed by atoms with E-state index in [9.17, 15) is 9.90 Å². The number of aliphatic hydroxyl groups is 1. The highest BCUT2D eigenvalue weighted by atomic mass is 16.5. The van der Waals surface area contributed by atoms with E-state index in [1.165, 1.54) is 108 Å². The minimum atomic E-state index is -0.0794. The van der Waals surface area contributed by atoms with Crippen LogP contribution in [0.4, 0.5) is 0 Å². The molecule has 1 unspecified atom stereocenters. The molecule has 1 aromatic rings. The third-order valence-corrected chi connectivity index (χ3v) is 7.29. The van der Waals surface area contributed by atoms with E-state index in [0.717, 1.165) is 44.3 Å². The van der Waals surface area contributed by atoms with Crippen molar-refractivity contribution in [2.24, 2.45) is 0 Å². The molecule has 0 aliphatic rings. The van der Waals surface area contributed by atoms with Gasteiger partial charge in [-0.2, -0.15) is 0 Å². The second kappa shape index (κ2) is 24.0. The number of hydrogen-bond donors (Lipinski definition) is 1. The number of carbonyl (C=O) groups is 1. The van der Waals surface area contributed by atoms with Crippen LogP contribution in [0.3, 0.4) is 0 Å². The molecule has 208 valence electrons. The van der Waals surface area contributed by atoms with Crippen molar-refractivity contribution < 1.29 is 14.6 Å². The van der Waals surface area contributed by atoms with Gasteiger partial charge in [0.15, 0.2) is 0 Å². The fraction of sp³-hybridized carbons (Fsp3) is 0.788. The summed E-state index contributed by atoms with van der Waals surface area (Å²) in [5, 5.41) is 9.75. The molecular weight excluding hydrogens is 444 g/mol. The second-order valence-electron chi connectivity index (χ2n) is 10.8. The van der Waals surface area contributed by atoms with Crippen molar-refractivity contribution >= 4 is 5.97 Å². The number of aliphatic hydroxyl groups excluding tert-OH is 1. The SMILES string of the molecule is CCCCCCCCCc1ccccc1OC(=O)CCCCCCCCCCCCCC(O)CCC. The molecule has 0 fully saturated rings. The van der Waals surface area contributed by atoms with Gasteiger partial charge in [0.2, 0.25) is 0 Å². The molecule has 0 heterocycles. The van der Waals surface area contributed by atoms with Crippen LogP contribution in [0.1, 0.15) is 161 Å². The monoisotopic (exact) mass is 502 g/mol. The number of aryl methyl sites for hydroxylation is 1. The molecule has 0 bridgehead atoms. The lowest BCUT2D eigenvalue weighted by Crippen LogP contribution is -2.09. The quantitative estimate of drug-likeness (QED) is 0.0821. The number of benzene rings is 1. The fourth-order valence-corrected chi connectivity index (χ4v) is 4.97. The lowest BCUT2D eigenvalue weighted by atomic mass is 10.0. The van der Waals surface area contributed by atoms with Gasteiger partial charge in [-0.25, -0.2) is 0 Å². The number of unbranched alkanes of at least 4 members (excludes halogenated alkanes) is 16. The first-order valence-corrected chi connectivity index (χ1v) is 15.6. The Morgan fingerprint density at radius 1 is 0.667 bits per heavy atom. The van der Waals surface area contributed by atoms with Crippen molar-refractivity contribution in [2.75, 3.05) is 0 Å². The third-order valence-electron chi connectivity index (χ3n) is 7.29. The van der Waals surface area contributed by atoms with Crippen molar-refractivity contribution in [3.8, 4) is 5.75 Å². The highest BCUT2D eigenvalue weighted by Gasteiger charge is 2.09. The average Bonchev–Trinajstić information content (AvgIpc) is 2.87. The summed E-state index contributed by atoms with van der Waals surface area (Å²) in [5.74, 6) is 0.690. The van der Waals surface area contributed by atoms with E-state index in [1.54, 1.807) is 0 Å². The summed E-state index contributed by atoms with van der Waals surface area (Å²) < 4.78 is 5.73. The Morgan fingerprint density at radius 2 is 1.19 bits per heavy atom. The van der Waals surface area contributed by atoms with Crippen molar-refractivity contribution in [3.05, 3.63) is 29.8 Å². The Balaban J connectivity index is 1.99. The predicted molar refractivity (Wildman–Crippen MR) is 155 cm³/mol. The lowest BCUT2D eigenvalue weighted by molar-refractivity contribution is -0.134. The van der Waals surface area contributed by atoms with E-state index in [1.807, 2.05) is 18.2 Å². The molecule has 0 saturated carbocycles. The van der Waals surface area contributed by atoms with E-state index in [-0.39, 0.29) is 12.1 Å². The molecule has 0 aliphatic carbocycles. The van der Waals surface area contributed by atoms with Crippen molar-refractivity contribution in [3.63, 3.8) is 0 Å². The summed E-state index contributed by atoms with van der Waals surface area (Å²) in [6, 6.07) is 8.07. The Morgan fingerprint density at radius 3 is 1.81 bits per heavy atom. The van der Waals surface area contributed by atoms with Gasteiger partial charge in [-0.15, -0.1) is 0 Å². The van der Waals surface area contributed by atoms with Gasteiger partial charge in [0.1, 0.15) is 5.75 Å². The Hall–Kier alpha value is -1.35. The minimum absolute atomic E-state index is 0.0765. The molecule has 1 rings (SSSR count). The van der Waals surface area contributed by atoms with Gasteiger partial charge >= 0.3 is 5.97 Å². The predicted octanol–water partition coefficient (Wildman–Crippen LogP) is 10.1. The molecule has 0 amide bonds. The summed E-state index contributed by atoms with van der Waals surface area (Å²) in [5.41, 5.74) is 1.17. The van der Waals surface area contributed by atoms with Gasteiger partial charge in [0, 0.05) is 6.42 Å². The zero-order valence-electron chi connectivity index (χ0n) is 23.9. The maximum Gasteiger partial charge on any atom is 0.311 e. The molecule has 0 saturated heterocycles. The standard InChI is InChI=1S/C33H58O3/c1-3-5-6-7-13-16-19-25-30-26-22-23-28-32(30)36-33(35)29-21-18-15-12-10-8-9-11-14-17-20-27-31(34)24-4-2/h22-23,26,28,31,34H,3-21,24-25,27,29H2,1-2H3. The zero-order valence-corrected chi connectivity index (χ0v) is 23.9. The van der Waals surface area contributed by atoms with Crippen LogP contribution in [-0.4, -0.2) is 17.2 Å². The maximum atomic E-state index is 12.4. The molecule has 0 aliphatic heterocycles. The summed E-state index contributed by atoms with van der Waals surface area (Å²) in [4.78, 5) is 12.4. The number of rotatable bonds is 25. The Kier molecular flexibility index (Phi) is 21.8. The molecule has 1 N–H and O–H groups in total. The first-order chi connectivity index (χ1) is 17.7. The molecular formula is C33H58O3.